The zero-order chi connectivity index (χ0) is 19.8. The van der Waals surface area contributed by atoms with Crippen LogP contribution in [0.1, 0.15) is 31.1 Å². The Morgan fingerprint density at radius 2 is 0.926 bits per heavy atom. The van der Waals surface area contributed by atoms with Crippen molar-refractivity contribution in [3.05, 3.63) is 95.6 Å². The summed E-state index contributed by atoms with van der Waals surface area (Å²) in [5.41, 5.74) is -0.730. The van der Waals surface area contributed by atoms with Crippen LogP contribution in [0.15, 0.2) is 78.9 Å². The van der Waals surface area contributed by atoms with Gasteiger partial charge in [0.25, 0.3) is 0 Å². The first kappa shape index (κ1) is 19.4. The monoisotopic (exact) mass is 364 g/mol. The van der Waals surface area contributed by atoms with E-state index in [2.05, 4.69) is 0 Å². The van der Waals surface area contributed by atoms with Crippen molar-refractivity contribution in [2.75, 3.05) is 0 Å². The van der Waals surface area contributed by atoms with Gasteiger partial charge in [-0.05, 0) is 17.7 Å². The zero-order valence-corrected chi connectivity index (χ0v) is 14.1. The van der Waals surface area contributed by atoms with Crippen LogP contribution in [0.4, 0.5) is 0 Å². The van der Waals surface area contributed by atoms with Gasteiger partial charge in [-0.3, -0.25) is 0 Å². The number of carbonyl (C=O) groups is 3. The predicted molar refractivity (Wildman–Crippen MR) is 99.2 cm³/mol. The van der Waals surface area contributed by atoms with Crippen molar-refractivity contribution in [2.45, 2.75) is 0 Å². The standard InChI is InChI=1S/C15H10O6.C6H6/c16-13(17)9-6-10(14(18)19)12(11(7-9)15(20)21)8-4-2-1-3-5-8;1-2-4-6-5-3-1/h1-7H,(H,16,17)(H,18,19)(H,20,21);1-6H. The third-order valence-electron chi connectivity index (χ3n) is 3.58. The molecule has 0 bridgehead atoms. The summed E-state index contributed by atoms with van der Waals surface area (Å²) in [7, 11) is 0. The highest BCUT2D eigenvalue weighted by Crippen LogP contribution is 2.29. The van der Waals surface area contributed by atoms with Gasteiger partial charge in [0.15, 0.2) is 0 Å². The summed E-state index contributed by atoms with van der Waals surface area (Å²) in [5.74, 6) is -4.17. The molecule has 0 heterocycles. The molecule has 6 heteroatoms. The van der Waals surface area contributed by atoms with Crippen molar-refractivity contribution in [3.63, 3.8) is 0 Å². The maximum absolute atomic E-state index is 11.4. The van der Waals surface area contributed by atoms with Crippen LogP contribution in [0.3, 0.4) is 0 Å². The van der Waals surface area contributed by atoms with Crippen molar-refractivity contribution in [2.24, 2.45) is 0 Å². The molecule has 27 heavy (non-hydrogen) atoms. The fourth-order valence-electron chi connectivity index (χ4n) is 2.40. The fraction of sp³-hybridized carbons (Fsp3) is 0. The lowest BCUT2D eigenvalue weighted by atomic mass is 9.92. The Labute approximate surface area is 155 Å². The third kappa shape index (κ3) is 5.02. The van der Waals surface area contributed by atoms with Gasteiger partial charge in [0.05, 0.1) is 16.7 Å². The van der Waals surface area contributed by atoms with Gasteiger partial charge < -0.3 is 15.3 Å². The van der Waals surface area contributed by atoms with Crippen LogP contribution in [0.2, 0.25) is 0 Å². The van der Waals surface area contributed by atoms with E-state index in [4.69, 9.17) is 5.11 Å². The summed E-state index contributed by atoms with van der Waals surface area (Å²) in [6.07, 6.45) is 0. The minimum Gasteiger partial charge on any atom is -0.478 e. The lowest BCUT2D eigenvalue weighted by Gasteiger charge is -2.11. The summed E-state index contributed by atoms with van der Waals surface area (Å²) in [6, 6.07) is 22.0. The number of carboxylic acids is 3. The summed E-state index contributed by atoms with van der Waals surface area (Å²) >= 11 is 0. The number of rotatable bonds is 4. The first-order valence-electron chi connectivity index (χ1n) is 7.85. The molecule has 0 aliphatic carbocycles. The first-order chi connectivity index (χ1) is 12.9. The highest BCUT2D eigenvalue weighted by Gasteiger charge is 2.23. The summed E-state index contributed by atoms with van der Waals surface area (Å²) < 4.78 is 0. The molecule has 0 atom stereocenters. The molecule has 3 aromatic rings. The average Bonchev–Trinajstić information content (AvgIpc) is 2.69. The first-order valence-corrected chi connectivity index (χ1v) is 7.85. The number of hydrogen-bond donors (Lipinski definition) is 3. The van der Waals surface area contributed by atoms with Crippen LogP contribution < -0.4 is 0 Å². The molecular formula is C21H16O6. The highest BCUT2D eigenvalue weighted by atomic mass is 16.4. The van der Waals surface area contributed by atoms with Gasteiger partial charge in [0, 0.05) is 5.56 Å². The van der Waals surface area contributed by atoms with E-state index in [1.165, 1.54) is 0 Å². The molecular weight excluding hydrogens is 348 g/mol. The third-order valence-corrected chi connectivity index (χ3v) is 3.58. The molecule has 3 aromatic carbocycles. The van der Waals surface area contributed by atoms with Gasteiger partial charge in [-0.1, -0.05) is 66.7 Å². The maximum Gasteiger partial charge on any atom is 0.336 e. The Morgan fingerprint density at radius 1 is 0.556 bits per heavy atom. The second-order valence-electron chi connectivity index (χ2n) is 5.38. The Hall–Kier alpha value is -3.93. The van der Waals surface area contributed by atoms with Crippen LogP contribution in [0.5, 0.6) is 0 Å². The molecule has 0 saturated carbocycles. The van der Waals surface area contributed by atoms with Crippen molar-refractivity contribution >= 4 is 17.9 Å². The number of carboxylic acid groups (broad SMARTS) is 3. The average molecular weight is 364 g/mol. The van der Waals surface area contributed by atoms with Crippen LogP contribution >= 0.6 is 0 Å². The molecule has 3 rings (SSSR count). The smallest absolute Gasteiger partial charge is 0.336 e. The second-order valence-corrected chi connectivity index (χ2v) is 5.38. The Balaban J connectivity index is 0.000000369. The zero-order valence-electron chi connectivity index (χ0n) is 14.1. The van der Waals surface area contributed by atoms with Gasteiger partial charge in [0.1, 0.15) is 0 Å². The normalized spacial score (nSPS) is 9.63. The molecule has 0 amide bonds. The SMILES string of the molecule is O=C(O)c1cc(C(=O)O)c(-c2ccccc2)c(C(=O)O)c1.c1ccccc1. The van der Waals surface area contributed by atoms with E-state index < -0.39 is 17.9 Å². The number of aromatic carboxylic acids is 3. The minimum atomic E-state index is -1.39. The van der Waals surface area contributed by atoms with E-state index in [9.17, 15) is 24.6 Å². The fourth-order valence-corrected chi connectivity index (χ4v) is 2.40. The van der Waals surface area contributed by atoms with Crippen molar-refractivity contribution in [1.82, 2.24) is 0 Å². The predicted octanol–water partition coefficient (Wildman–Crippen LogP) is 4.13. The quantitative estimate of drug-likeness (QED) is 0.641. The Morgan fingerprint density at radius 3 is 1.26 bits per heavy atom. The van der Waals surface area contributed by atoms with E-state index in [0.717, 1.165) is 12.1 Å². The topological polar surface area (TPSA) is 112 Å². The van der Waals surface area contributed by atoms with Gasteiger partial charge in [-0.2, -0.15) is 0 Å². The molecule has 0 fully saturated rings. The summed E-state index contributed by atoms with van der Waals surface area (Å²) in [4.78, 5) is 33.7. The van der Waals surface area contributed by atoms with Gasteiger partial charge in [-0.25, -0.2) is 14.4 Å². The molecule has 0 saturated heterocycles. The Bertz CT molecular complexity index is 887. The molecule has 0 unspecified atom stereocenters. The number of hydrogen-bond acceptors (Lipinski definition) is 3. The molecule has 136 valence electrons. The van der Waals surface area contributed by atoms with Crippen LogP contribution in [-0.2, 0) is 0 Å². The van der Waals surface area contributed by atoms with Crippen molar-refractivity contribution in [3.8, 4) is 11.1 Å². The van der Waals surface area contributed by atoms with Crippen LogP contribution in [0, 0.1) is 0 Å². The summed E-state index contributed by atoms with van der Waals surface area (Å²) in [6.45, 7) is 0. The molecule has 0 aromatic heterocycles. The van der Waals surface area contributed by atoms with Crippen molar-refractivity contribution in [1.29, 1.82) is 0 Å². The maximum atomic E-state index is 11.4. The van der Waals surface area contributed by atoms with Crippen molar-refractivity contribution < 1.29 is 29.7 Å². The van der Waals surface area contributed by atoms with Crippen LogP contribution in [-0.4, -0.2) is 33.2 Å². The van der Waals surface area contributed by atoms with Gasteiger partial charge >= 0.3 is 17.9 Å². The van der Waals surface area contributed by atoms with E-state index in [-0.39, 0.29) is 22.3 Å². The lowest BCUT2D eigenvalue weighted by Crippen LogP contribution is -2.10. The minimum absolute atomic E-state index is 0.0133. The second kappa shape index (κ2) is 8.96. The largest absolute Gasteiger partial charge is 0.478 e. The molecule has 0 aliphatic heterocycles. The summed E-state index contributed by atoms with van der Waals surface area (Å²) in [5, 5.41) is 27.5. The Kier molecular flexibility index (Phi) is 6.44. The van der Waals surface area contributed by atoms with E-state index in [0.29, 0.717) is 5.56 Å². The number of benzene rings is 3. The molecule has 0 aliphatic rings. The molecule has 0 spiro atoms. The lowest BCUT2D eigenvalue weighted by molar-refractivity contribution is 0.0696. The van der Waals surface area contributed by atoms with E-state index in [1.54, 1.807) is 30.3 Å². The molecule has 3 N–H and O–H groups in total. The van der Waals surface area contributed by atoms with Crippen LogP contribution in [0.25, 0.3) is 11.1 Å². The molecule has 6 nitrogen and oxygen atoms in total. The molecule has 0 radical (unpaired) electrons. The van der Waals surface area contributed by atoms with Gasteiger partial charge in [-0.15, -0.1) is 0 Å². The van der Waals surface area contributed by atoms with Gasteiger partial charge in [0.2, 0.25) is 0 Å². The van der Waals surface area contributed by atoms with E-state index >= 15 is 0 Å². The highest BCUT2D eigenvalue weighted by molar-refractivity contribution is 6.07. The van der Waals surface area contributed by atoms with E-state index in [1.807, 2.05) is 36.4 Å².